The first-order valence-electron chi connectivity index (χ1n) is 7.09. The number of piperidine rings is 1. The fourth-order valence-corrected chi connectivity index (χ4v) is 2.34. The molecule has 0 bridgehead atoms. The van der Waals surface area contributed by atoms with Gasteiger partial charge in [0.1, 0.15) is 0 Å². The average molecular weight is 283 g/mol. The van der Waals surface area contributed by atoms with Gasteiger partial charge in [0, 0.05) is 18.4 Å². The van der Waals surface area contributed by atoms with Crippen molar-refractivity contribution in [1.29, 1.82) is 0 Å². The van der Waals surface area contributed by atoms with Crippen molar-refractivity contribution in [2.75, 3.05) is 13.1 Å². The highest BCUT2D eigenvalue weighted by atomic mass is 16.2. The van der Waals surface area contributed by atoms with Crippen LogP contribution in [-0.4, -0.2) is 40.0 Å². The van der Waals surface area contributed by atoms with Gasteiger partial charge < -0.3 is 10.6 Å². The molecule has 0 aliphatic carbocycles. The van der Waals surface area contributed by atoms with Gasteiger partial charge in [-0.3, -0.25) is 9.78 Å². The topological polar surface area (TPSA) is 79.8 Å². The van der Waals surface area contributed by atoms with Crippen molar-refractivity contribution in [3.63, 3.8) is 0 Å². The van der Waals surface area contributed by atoms with E-state index < -0.39 is 0 Å². The van der Waals surface area contributed by atoms with Crippen LogP contribution in [-0.2, 0) is 0 Å². The van der Waals surface area contributed by atoms with Crippen LogP contribution in [0, 0.1) is 0 Å². The van der Waals surface area contributed by atoms with E-state index in [1.54, 1.807) is 18.5 Å². The Morgan fingerprint density at radius 1 is 1.10 bits per heavy atom. The summed E-state index contributed by atoms with van der Waals surface area (Å²) in [5, 5.41) is 6.26. The predicted molar refractivity (Wildman–Crippen MR) is 78.6 cm³/mol. The number of aromatic nitrogens is 3. The molecule has 6 nitrogen and oxygen atoms in total. The smallest absolute Gasteiger partial charge is 0.289 e. The Morgan fingerprint density at radius 2 is 1.95 bits per heavy atom. The van der Waals surface area contributed by atoms with E-state index in [1.807, 2.05) is 18.2 Å². The van der Waals surface area contributed by atoms with Crippen molar-refractivity contribution in [2.45, 2.75) is 18.9 Å². The molecule has 0 radical (unpaired) electrons. The SMILES string of the molecule is O=C(NC1CCNCC1)c1nccc(-c2ccccn2)n1. The van der Waals surface area contributed by atoms with Crippen LogP contribution in [0.4, 0.5) is 0 Å². The maximum Gasteiger partial charge on any atom is 0.289 e. The second kappa shape index (κ2) is 6.41. The highest BCUT2D eigenvalue weighted by molar-refractivity contribution is 5.91. The number of hydrogen-bond donors (Lipinski definition) is 2. The molecular weight excluding hydrogens is 266 g/mol. The van der Waals surface area contributed by atoms with Crippen molar-refractivity contribution < 1.29 is 4.79 Å². The van der Waals surface area contributed by atoms with Crippen molar-refractivity contribution in [3.8, 4) is 11.4 Å². The highest BCUT2D eigenvalue weighted by Crippen LogP contribution is 2.12. The summed E-state index contributed by atoms with van der Waals surface area (Å²) < 4.78 is 0. The summed E-state index contributed by atoms with van der Waals surface area (Å²) in [5.41, 5.74) is 1.39. The number of nitrogens with zero attached hydrogens (tertiary/aromatic N) is 3. The molecule has 2 aromatic heterocycles. The lowest BCUT2D eigenvalue weighted by Gasteiger charge is -2.23. The molecule has 1 aliphatic heterocycles. The Morgan fingerprint density at radius 3 is 2.71 bits per heavy atom. The van der Waals surface area contributed by atoms with Gasteiger partial charge in [-0.05, 0) is 44.1 Å². The minimum absolute atomic E-state index is 0.191. The average Bonchev–Trinajstić information content (AvgIpc) is 2.57. The van der Waals surface area contributed by atoms with Crippen LogP contribution in [0.2, 0.25) is 0 Å². The number of amides is 1. The second-order valence-electron chi connectivity index (χ2n) is 4.98. The third kappa shape index (κ3) is 3.41. The Bertz CT molecular complexity index is 610. The lowest BCUT2D eigenvalue weighted by atomic mass is 10.1. The van der Waals surface area contributed by atoms with Gasteiger partial charge in [0.15, 0.2) is 0 Å². The number of carbonyl (C=O) groups is 1. The Balaban J connectivity index is 1.74. The number of rotatable bonds is 3. The number of pyridine rings is 1. The molecule has 0 saturated carbocycles. The van der Waals surface area contributed by atoms with E-state index >= 15 is 0 Å². The van der Waals surface area contributed by atoms with Crippen LogP contribution in [0.5, 0.6) is 0 Å². The van der Waals surface area contributed by atoms with Crippen molar-refractivity contribution in [3.05, 3.63) is 42.5 Å². The molecule has 6 heteroatoms. The molecule has 108 valence electrons. The molecule has 0 unspecified atom stereocenters. The van der Waals surface area contributed by atoms with Gasteiger partial charge in [0.2, 0.25) is 5.82 Å². The summed E-state index contributed by atoms with van der Waals surface area (Å²) in [6.07, 6.45) is 5.16. The zero-order chi connectivity index (χ0) is 14.5. The van der Waals surface area contributed by atoms with Crippen molar-refractivity contribution in [2.24, 2.45) is 0 Å². The number of hydrogen-bond acceptors (Lipinski definition) is 5. The normalized spacial score (nSPS) is 15.6. The maximum absolute atomic E-state index is 12.2. The van der Waals surface area contributed by atoms with E-state index in [4.69, 9.17) is 0 Å². The van der Waals surface area contributed by atoms with E-state index in [9.17, 15) is 4.79 Å². The van der Waals surface area contributed by atoms with Crippen molar-refractivity contribution >= 4 is 5.91 Å². The van der Waals surface area contributed by atoms with Gasteiger partial charge in [-0.15, -0.1) is 0 Å². The lowest BCUT2D eigenvalue weighted by Crippen LogP contribution is -2.43. The van der Waals surface area contributed by atoms with Crippen LogP contribution < -0.4 is 10.6 Å². The monoisotopic (exact) mass is 283 g/mol. The molecule has 1 fully saturated rings. The molecule has 0 spiro atoms. The van der Waals surface area contributed by atoms with Crippen LogP contribution in [0.1, 0.15) is 23.5 Å². The van der Waals surface area contributed by atoms with Gasteiger partial charge >= 0.3 is 0 Å². The van der Waals surface area contributed by atoms with E-state index in [0.717, 1.165) is 31.6 Å². The van der Waals surface area contributed by atoms with Gasteiger partial charge in [-0.1, -0.05) is 6.07 Å². The number of carbonyl (C=O) groups excluding carboxylic acids is 1. The fourth-order valence-electron chi connectivity index (χ4n) is 2.34. The van der Waals surface area contributed by atoms with Gasteiger partial charge in [0.05, 0.1) is 11.4 Å². The zero-order valence-electron chi connectivity index (χ0n) is 11.6. The first kappa shape index (κ1) is 13.6. The maximum atomic E-state index is 12.2. The summed E-state index contributed by atoms with van der Waals surface area (Å²) >= 11 is 0. The summed E-state index contributed by atoms with van der Waals surface area (Å²) in [6.45, 7) is 1.86. The van der Waals surface area contributed by atoms with Crippen LogP contribution >= 0.6 is 0 Å². The molecule has 1 aliphatic rings. The first-order valence-corrected chi connectivity index (χ1v) is 7.09. The van der Waals surface area contributed by atoms with E-state index in [2.05, 4.69) is 25.6 Å². The van der Waals surface area contributed by atoms with E-state index in [1.165, 1.54) is 0 Å². The minimum Gasteiger partial charge on any atom is -0.346 e. The standard InChI is InChI=1S/C15H17N5O/c21-15(19-11-4-8-16-9-5-11)14-18-10-6-13(20-14)12-3-1-2-7-17-12/h1-3,6-7,10-11,16H,4-5,8-9H2,(H,19,21). The Kier molecular flexibility index (Phi) is 4.16. The van der Waals surface area contributed by atoms with Crippen LogP contribution in [0.15, 0.2) is 36.7 Å². The van der Waals surface area contributed by atoms with Gasteiger partial charge in [-0.2, -0.15) is 0 Å². The predicted octanol–water partition coefficient (Wildman–Crippen LogP) is 1.02. The zero-order valence-corrected chi connectivity index (χ0v) is 11.6. The molecule has 2 N–H and O–H groups in total. The quantitative estimate of drug-likeness (QED) is 0.879. The van der Waals surface area contributed by atoms with Crippen molar-refractivity contribution in [1.82, 2.24) is 25.6 Å². The Labute approximate surface area is 123 Å². The van der Waals surface area contributed by atoms with Crippen LogP contribution in [0.25, 0.3) is 11.4 Å². The molecule has 21 heavy (non-hydrogen) atoms. The van der Waals surface area contributed by atoms with Gasteiger partial charge in [0.25, 0.3) is 5.91 Å². The fraction of sp³-hybridized carbons (Fsp3) is 0.333. The molecular formula is C15H17N5O. The second-order valence-corrected chi connectivity index (χ2v) is 4.98. The first-order chi connectivity index (χ1) is 10.3. The summed E-state index contributed by atoms with van der Waals surface area (Å²) in [4.78, 5) is 24.8. The molecule has 3 rings (SSSR count). The largest absolute Gasteiger partial charge is 0.346 e. The van der Waals surface area contributed by atoms with Gasteiger partial charge in [-0.25, -0.2) is 9.97 Å². The van der Waals surface area contributed by atoms with Crippen LogP contribution in [0.3, 0.4) is 0 Å². The third-order valence-corrected chi connectivity index (χ3v) is 3.46. The summed E-state index contributed by atoms with van der Waals surface area (Å²) in [5.74, 6) is -0.0311. The molecule has 1 saturated heterocycles. The summed E-state index contributed by atoms with van der Waals surface area (Å²) in [7, 11) is 0. The number of nitrogens with one attached hydrogen (secondary N) is 2. The van der Waals surface area contributed by atoms with E-state index in [-0.39, 0.29) is 17.8 Å². The molecule has 2 aromatic rings. The highest BCUT2D eigenvalue weighted by Gasteiger charge is 2.18. The van der Waals surface area contributed by atoms with E-state index in [0.29, 0.717) is 5.69 Å². The molecule has 3 heterocycles. The third-order valence-electron chi connectivity index (χ3n) is 3.46. The molecule has 0 aromatic carbocycles. The minimum atomic E-state index is -0.223. The molecule has 0 atom stereocenters. The Hall–Kier alpha value is -2.34. The summed E-state index contributed by atoms with van der Waals surface area (Å²) in [6, 6.07) is 7.54. The lowest BCUT2D eigenvalue weighted by molar-refractivity contribution is 0.0919. The molecule has 1 amide bonds.